The van der Waals surface area contributed by atoms with Gasteiger partial charge in [0.2, 0.25) is 5.91 Å². The van der Waals surface area contributed by atoms with E-state index < -0.39 is 11.8 Å². The molecule has 1 heterocycles. The van der Waals surface area contributed by atoms with Crippen molar-refractivity contribution in [2.45, 2.75) is 32.2 Å². The van der Waals surface area contributed by atoms with Gasteiger partial charge < -0.3 is 10.1 Å². The number of ether oxygens (including phenoxy) is 1. The van der Waals surface area contributed by atoms with E-state index in [9.17, 15) is 14.0 Å². The summed E-state index contributed by atoms with van der Waals surface area (Å²) in [6.45, 7) is 1.93. The largest absolute Gasteiger partial charge is 0.465 e. The molecule has 1 unspecified atom stereocenters. The normalized spacial score (nSPS) is 11.8. The fraction of sp³-hybridized carbons (Fsp3) is 0.400. The van der Waals surface area contributed by atoms with E-state index in [0.717, 1.165) is 6.07 Å². The van der Waals surface area contributed by atoms with Crippen molar-refractivity contribution in [3.63, 3.8) is 0 Å². The van der Waals surface area contributed by atoms with Crippen molar-refractivity contribution < 1.29 is 18.7 Å². The van der Waals surface area contributed by atoms with Crippen molar-refractivity contribution in [2.75, 3.05) is 7.11 Å². The first-order valence-corrected chi connectivity index (χ1v) is 7.42. The summed E-state index contributed by atoms with van der Waals surface area (Å²) in [5.74, 6) is -1.22. The van der Waals surface area contributed by atoms with Crippen LogP contribution in [0.2, 0.25) is 0 Å². The summed E-state index contributed by atoms with van der Waals surface area (Å²) in [7, 11) is 1.18. The minimum absolute atomic E-state index is 0.00111. The van der Waals surface area contributed by atoms with E-state index in [-0.39, 0.29) is 23.9 Å². The number of rotatable bonds is 7. The molecule has 2 N–H and O–H groups in total. The third-order valence-corrected chi connectivity index (χ3v) is 3.48. The maximum Gasteiger partial charge on any atom is 0.340 e. The van der Waals surface area contributed by atoms with Crippen LogP contribution >= 0.6 is 0 Å². The molecule has 0 saturated carbocycles. The molecule has 0 aliphatic rings. The molecule has 0 saturated heterocycles. The smallest absolute Gasteiger partial charge is 0.340 e. The third-order valence-electron chi connectivity index (χ3n) is 3.48. The summed E-state index contributed by atoms with van der Waals surface area (Å²) in [4.78, 5) is 23.4. The van der Waals surface area contributed by atoms with Gasteiger partial charge in [-0.05, 0) is 24.1 Å². The minimum Gasteiger partial charge on any atom is -0.465 e. The molecule has 1 amide bonds. The summed E-state index contributed by atoms with van der Waals surface area (Å²) < 4.78 is 18.3. The number of hydrogen-bond acceptors (Lipinski definition) is 6. The molecule has 128 valence electrons. The van der Waals surface area contributed by atoms with Crippen molar-refractivity contribution >= 4 is 11.9 Å². The number of aromatic nitrogens is 4. The van der Waals surface area contributed by atoms with Crippen molar-refractivity contribution in [3.8, 4) is 0 Å². The lowest BCUT2D eigenvalue weighted by atomic mass is 10.1. The van der Waals surface area contributed by atoms with E-state index >= 15 is 0 Å². The molecule has 2 rings (SSSR count). The van der Waals surface area contributed by atoms with Gasteiger partial charge in [-0.3, -0.25) is 4.79 Å². The first kappa shape index (κ1) is 17.5. The zero-order valence-corrected chi connectivity index (χ0v) is 13.4. The average Bonchev–Trinajstić information content (AvgIpc) is 3.06. The Bertz CT molecular complexity index is 705. The molecule has 0 aliphatic heterocycles. The highest BCUT2D eigenvalue weighted by Crippen LogP contribution is 2.12. The Morgan fingerprint density at radius 1 is 1.42 bits per heavy atom. The predicted molar refractivity (Wildman–Crippen MR) is 81.5 cm³/mol. The van der Waals surface area contributed by atoms with Gasteiger partial charge in [-0.2, -0.15) is 5.21 Å². The number of carbonyl (C=O) groups excluding carboxylic acids is 2. The number of hydrogen-bond donors (Lipinski definition) is 2. The Balaban J connectivity index is 1.96. The monoisotopic (exact) mass is 335 g/mol. The quantitative estimate of drug-likeness (QED) is 0.725. The molecule has 2 aromatic rings. The molecule has 8 nitrogen and oxygen atoms in total. The Morgan fingerprint density at radius 3 is 2.79 bits per heavy atom. The number of tetrazole rings is 1. The van der Waals surface area contributed by atoms with Crippen LogP contribution in [0.25, 0.3) is 0 Å². The Morgan fingerprint density at radius 2 is 2.21 bits per heavy atom. The standard InChI is InChI=1S/C15H18FN5O3/c1-3-10(8-13-18-20-21-19-13)17-14(22)7-9-4-5-11(12(16)6-9)15(23)24-2/h4-6,10H,3,7-8H2,1-2H3,(H,17,22)(H,18,19,20,21). The number of carbonyl (C=O) groups is 2. The van der Waals surface area contributed by atoms with Gasteiger partial charge in [-0.25, -0.2) is 9.18 Å². The molecule has 1 aromatic heterocycles. The molecule has 0 spiro atoms. The fourth-order valence-corrected chi connectivity index (χ4v) is 2.19. The SMILES string of the molecule is CCC(Cc1nn[nH]n1)NC(=O)Cc1ccc(C(=O)OC)c(F)c1. The third kappa shape index (κ3) is 4.58. The number of H-pyrrole nitrogens is 1. The number of nitrogens with zero attached hydrogens (tertiary/aromatic N) is 3. The predicted octanol–water partition coefficient (Wildman–Crippen LogP) is 0.805. The van der Waals surface area contributed by atoms with Crippen LogP contribution < -0.4 is 5.32 Å². The molecule has 1 aromatic carbocycles. The van der Waals surface area contributed by atoms with E-state index in [1.54, 1.807) is 0 Å². The van der Waals surface area contributed by atoms with Crippen LogP contribution in [0, 0.1) is 5.82 Å². The number of nitrogens with one attached hydrogen (secondary N) is 2. The van der Waals surface area contributed by atoms with Gasteiger partial charge in [0.25, 0.3) is 0 Å². The molecule has 0 fully saturated rings. The zero-order valence-electron chi connectivity index (χ0n) is 13.4. The zero-order chi connectivity index (χ0) is 17.5. The fourth-order valence-electron chi connectivity index (χ4n) is 2.19. The van der Waals surface area contributed by atoms with Crippen LogP contribution in [-0.2, 0) is 22.4 Å². The van der Waals surface area contributed by atoms with Crippen molar-refractivity contribution in [3.05, 3.63) is 41.0 Å². The Kier molecular flexibility index (Phi) is 5.94. The summed E-state index contributed by atoms with van der Waals surface area (Å²) in [5.41, 5.74) is 0.303. The van der Waals surface area contributed by atoms with Crippen molar-refractivity contribution in [1.82, 2.24) is 25.9 Å². The highest BCUT2D eigenvalue weighted by molar-refractivity contribution is 5.89. The van der Waals surface area contributed by atoms with Gasteiger partial charge in [0.05, 0.1) is 19.1 Å². The van der Waals surface area contributed by atoms with Crippen molar-refractivity contribution in [1.29, 1.82) is 0 Å². The van der Waals surface area contributed by atoms with Gasteiger partial charge in [0, 0.05) is 12.5 Å². The highest BCUT2D eigenvalue weighted by atomic mass is 19.1. The first-order chi connectivity index (χ1) is 11.5. The molecule has 0 bridgehead atoms. The molecule has 0 radical (unpaired) electrons. The second-order valence-corrected chi connectivity index (χ2v) is 5.19. The van der Waals surface area contributed by atoms with Gasteiger partial charge in [-0.15, -0.1) is 10.2 Å². The second-order valence-electron chi connectivity index (χ2n) is 5.19. The van der Waals surface area contributed by atoms with Gasteiger partial charge in [0.15, 0.2) is 5.82 Å². The van der Waals surface area contributed by atoms with Gasteiger partial charge in [-0.1, -0.05) is 18.2 Å². The minimum atomic E-state index is -0.755. The van der Waals surface area contributed by atoms with E-state index in [0.29, 0.717) is 24.2 Å². The molecule has 1 atom stereocenters. The van der Waals surface area contributed by atoms with Crippen LogP contribution in [0.15, 0.2) is 18.2 Å². The van der Waals surface area contributed by atoms with E-state index in [1.165, 1.54) is 19.2 Å². The lowest BCUT2D eigenvalue weighted by Gasteiger charge is -2.15. The first-order valence-electron chi connectivity index (χ1n) is 7.42. The van der Waals surface area contributed by atoms with Crippen LogP contribution in [-0.4, -0.2) is 45.7 Å². The lowest BCUT2D eigenvalue weighted by Crippen LogP contribution is -2.37. The molecule has 24 heavy (non-hydrogen) atoms. The molecular formula is C15H18FN5O3. The highest BCUT2D eigenvalue weighted by Gasteiger charge is 2.16. The van der Waals surface area contributed by atoms with E-state index in [4.69, 9.17) is 0 Å². The summed E-state index contributed by atoms with van der Waals surface area (Å²) in [5, 5.41) is 16.4. The van der Waals surface area contributed by atoms with Gasteiger partial charge in [0.1, 0.15) is 5.82 Å². The van der Waals surface area contributed by atoms with Crippen molar-refractivity contribution in [2.24, 2.45) is 0 Å². The topological polar surface area (TPSA) is 110 Å². The Hall–Kier alpha value is -2.84. The van der Waals surface area contributed by atoms with Crippen LogP contribution in [0.1, 0.15) is 35.1 Å². The number of halogens is 1. The van der Waals surface area contributed by atoms with Crippen LogP contribution in [0.3, 0.4) is 0 Å². The average molecular weight is 335 g/mol. The number of esters is 1. The maximum atomic E-state index is 13.9. The number of benzene rings is 1. The summed E-state index contributed by atoms with van der Waals surface area (Å²) in [6, 6.07) is 3.84. The number of methoxy groups -OCH3 is 1. The molecule has 9 heteroatoms. The van der Waals surface area contributed by atoms with Crippen LogP contribution in [0.4, 0.5) is 4.39 Å². The number of amides is 1. The molecule has 0 aliphatic carbocycles. The maximum absolute atomic E-state index is 13.9. The molecular weight excluding hydrogens is 317 g/mol. The summed E-state index contributed by atoms with van der Waals surface area (Å²) >= 11 is 0. The van der Waals surface area contributed by atoms with E-state index in [1.807, 2.05) is 6.92 Å². The van der Waals surface area contributed by atoms with Gasteiger partial charge >= 0.3 is 5.97 Å². The summed E-state index contributed by atoms with van der Waals surface area (Å²) in [6.07, 6.45) is 1.14. The second kappa shape index (κ2) is 8.14. The van der Waals surface area contributed by atoms with Crippen LogP contribution in [0.5, 0.6) is 0 Å². The van der Waals surface area contributed by atoms with E-state index in [2.05, 4.69) is 30.7 Å². The number of aromatic amines is 1. The Labute approximate surface area is 137 Å². The lowest BCUT2D eigenvalue weighted by molar-refractivity contribution is -0.121.